The van der Waals surface area contributed by atoms with Crippen molar-refractivity contribution in [1.29, 1.82) is 0 Å². The van der Waals surface area contributed by atoms with Gasteiger partial charge in [0.05, 0.1) is 6.10 Å². The van der Waals surface area contributed by atoms with Crippen molar-refractivity contribution >= 4 is 5.97 Å². The summed E-state index contributed by atoms with van der Waals surface area (Å²) in [6.45, 7) is 3.01. The maximum atomic E-state index is 10.7. The Morgan fingerprint density at radius 1 is 1.50 bits per heavy atom. The maximum absolute atomic E-state index is 10.7. The number of aliphatic carboxylic acids is 1. The highest BCUT2D eigenvalue weighted by atomic mass is 16.5. The summed E-state index contributed by atoms with van der Waals surface area (Å²) in [6, 6.07) is 0. The van der Waals surface area contributed by atoms with Crippen LogP contribution in [0.3, 0.4) is 0 Å². The molecule has 1 aliphatic carbocycles. The summed E-state index contributed by atoms with van der Waals surface area (Å²) in [5.41, 5.74) is 0. The SMILES string of the molecule is C[C@@H]1CO[C@@H]2CCC[C@H](CC(=O)O)[C@@H]12. The van der Waals surface area contributed by atoms with Crippen LogP contribution in [0, 0.1) is 17.8 Å². The molecule has 80 valence electrons. The average molecular weight is 198 g/mol. The molecule has 2 fully saturated rings. The molecule has 0 aromatic carbocycles. The van der Waals surface area contributed by atoms with Crippen molar-refractivity contribution in [2.75, 3.05) is 6.61 Å². The Labute approximate surface area is 84.4 Å². The number of hydrogen-bond acceptors (Lipinski definition) is 2. The molecule has 1 N–H and O–H groups in total. The first-order valence-electron chi connectivity index (χ1n) is 5.52. The molecule has 0 spiro atoms. The number of fused-ring (bicyclic) bond motifs is 1. The Morgan fingerprint density at radius 3 is 3.00 bits per heavy atom. The number of ether oxygens (including phenoxy) is 1. The summed E-state index contributed by atoms with van der Waals surface area (Å²) in [4.78, 5) is 10.7. The van der Waals surface area contributed by atoms with Crippen molar-refractivity contribution in [3.8, 4) is 0 Å². The molecule has 0 amide bonds. The fraction of sp³-hybridized carbons (Fsp3) is 0.909. The number of carboxylic acid groups (broad SMARTS) is 1. The van der Waals surface area contributed by atoms with Gasteiger partial charge in [0.2, 0.25) is 0 Å². The first-order valence-corrected chi connectivity index (χ1v) is 5.52. The van der Waals surface area contributed by atoms with Gasteiger partial charge in [0.15, 0.2) is 0 Å². The van der Waals surface area contributed by atoms with Crippen molar-refractivity contribution in [1.82, 2.24) is 0 Å². The Hall–Kier alpha value is -0.570. The zero-order valence-electron chi connectivity index (χ0n) is 8.61. The van der Waals surface area contributed by atoms with Gasteiger partial charge in [0.1, 0.15) is 0 Å². The van der Waals surface area contributed by atoms with Crippen LogP contribution in [0.25, 0.3) is 0 Å². The van der Waals surface area contributed by atoms with Gasteiger partial charge >= 0.3 is 5.97 Å². The van der Waals surface area contributed by atoms with Crippen molar-refractivity contribution in [2.45, 2.75) is 38.7 Å². The third kappa shape index (κ3) is 1.78. The van der Waals surface area contributed by atoms with Crippen molar-refractivity contribution in [3.63, 3.8) is 0 Å². The maximum Gasteiger partial charge on any atom is 0.303 e. The van der Waals surface area contributed by atoms with Gasteiger partial charge in [-0.2, -0.15) is 0 Å². The monoisotopic (exact) mass is 198 g/mol. The van der Waals surface area contributed by atoms with Crippen LogP contribution in [0.2, 0.25) is 0 Å². The van der Waals surface area contributed by atoms with Crippen LogP contribution < -0.4 is 0 Å². The lowest BCUT2D eigenvalue weighted by molar-refractivity contribution is -0.139. The van der Waals surface area contributed by atoms with Crippen molar-refractivity contribution in [2.24, 2.45) is 17.8 Å². The van der Waals surface area contributed by atoms with Gasteiger partial charge in [0.25, 0.3) is 0 Å². The van der Waals surface area contributed by atoms with Crippen molar-refractivity contribution in [3.05, 3.63) is 0 Å². The molecular weight excluding hydrogens is 180 g/mol. The second-order valence-electron chi connectivity index (χ2n) is 4.72. The molecule has 14 heavy (non-hydrogen) atoms. The highest BCUT2D eigenvalue weighted by Gasteiger charge is 2.42. The van der Waals surface area contributed by atoms with E-state index in [0.29, 0.717) is 30.3 Å². The van der Waals surface area contributed by atoms with E-state index in [1.807, 2.05) is 0 Å². The molecule has 1 heterocycles. The minimum absolute atomic E-state index is 0.328. The molecule has 4 atom stereocenters. The Kier molecular flexibility index (Phi) is 2.77. The fourth-order valence-electron chi connectivity index (χ4n) is 3.14. The molecule has 0 unspecified atom stereocenters. The summed E-state index contributed by atoms with van der Waals surface area (Å²) >= 11 is 0. The summed E-state index contributed by atoms with van der Waals surface area (Å²) in [7, 11) is 0. The van der Waals surface area contributed by atoms with E-state index < -0.39 is 5.97 Å². The highest BCUT2D eigenvalue weighted by molar-refractivity contribution is 5.67. The van der Waals surface area contributed by atoms with Gasteiger partial charge in [0, 0.05) is 13.0 Å². The molecule has 3 heteroatoms. The lowest BCUT2D eigenvalue weighted by atomic mass is 9.72. The fourth-order valence-corrected chi connectivity index (χ4v) is 3.14. The molecule has 2 aliphatic rings. The zero-order chi connectivity index (χ0) is 10.1. The van der Waals surface area contributed by atoms with E-state index in [9.17, 15) is 4.79 Å². The molecule has 3 nitrogen and oxygen atoms in total. The molecule has 1 saturated carbocycles. The van der Waals surface area contributed by atoms with Gasteiger partial charge in [-0.3, -0.25) is 4.79 Å². The topological polar surface area (TPSA) is 46.5 Å². The van der Waals surface area contributed by atoms with Crippen LogP contribution in [0.4, 0.5) is 0 Å². The molecule has 0 aromatic rings. The second kappa shape index (κ2) is 3.89. The third-order valence-electron chi connectivity index (χ3n) is 3.70. The van der Waals surface area contributed by atoms with E-state index in [-0.39, 0.29) is 0 Å². The molecule has 0 radical (unpaired) electrons. The van der Waals surface area contributed by atoms with E-state index in [1.54, 1.807) is 0 Å². The van der Waals surface area contributed by atoms with Crippen molar-refractivity contribution < 1.29 is 14.6 Å². The summed E-state index contributed by atoms with van der Waals surface area (Å²) in [5.74, 6) is 0.739. The largest absolute Gasteiger partial charge is 0.481 e. The number of hydrogen-bond donors (Lipinski definition) is 1. The first kappa shape index (κ1) is 9.97. The normalized spacial score (nSPS) is 42.1. The van der Waals surface area contributed by atoms with Crippen LogP contribution >= 0.6 is 0 Å². The van der Waals surface area contributed by atoms with Gasteiger partial charge in [-0.05, 0) is 30.6 Å². The van der Waals surface area contributed by atoms with Crippen LogP contribution in [-0.4, -0.2) is 23.8 Å². The molecule has 0 bridgehead atoms. The number of carbonyl (C=O) groups is 1. The number of carboxylic acids is 1. The summed E-state index contributed by atoms with van der Waals surface area (Å²) < 4.78 is 5.69. The van der Waals surface area contributed by atoms with E-state index >= 15 is 0 Å². The summed E-state index contributed by atoms with van der Waals surface area (Å²) in [6.07, 6.45) is 4.01. The van der Waals surface area contributed by atoms with E-state index in [4.69, 9.17) is 9.84 Å². The summed E-state index contributed by atoms with van der Waals surface area (Å²) in [5, 5.41) is 8.83. The lowest BCUT2D eigenvalue weighted by Crippen LogP contribution is -2.33. The van der Waals surface area contributed by atoms with E-state index in [0.717, 1.165) is 25.9 Å². The van der Waals surface area contributed by atoms with Crippen LogP contribution in [-0.2, 0) is 9.53 Å². The van der Waals surface area contributed by atoms with Crippen LogP contribution in [0.5, 0.6) is 0 Å². The van der Waals surface area contributed by atoms with Crippen LogP contribution in [0.15, 0.2) is 0 Å². The molecule has 0 aromatic heterocycles. The Balaban J connectivity index is 2.04. The average Bonchev–Trinajstić information content (AvgIpc) is 2.48. The Morgan fingerprint density at radius 2 is 2.29 bits per heavy atom. The minimum atomic E-state index is -0.658. The van der Waals surface area contributed by atoms with Gasteiger partial charge in [-0.25, -0.2) is 0 Å². The highest BCUT2D eigenvalue weighted by Crippen LogP contribution is 2.42. The number of rotatable bonds is 2. The smallest absolute Gasteiger partial charge is 0.303 e. The third-order valence-corrected chi connectivity index (χ3v) is 3.70. The van der Waals surface area contributed by atoms with Gasteiger partial charge in [-0.1, -0.05) is 13.3 Å². The Bertz CT molecular complexity index is 225. The molecule has 1 aliphatic heterocycles. The second-order valence-corrected chi connectivity index (χ2v) is 4.72. The quantitative estimate of drug-likeness (QED) is 0.737. The van der Waals surface area contributed by atoms with Crippen LogP contribution in [0.1, 0.15) is 32.6 Å². The van der Waals surface area contributed by atoms with Gasteiger partial charge < -0.3 is 9.84 Å². The first-order chi connectivity index (χ1) is 6.68. The molecule has 2 rings (SSSR count). The van der Waals surface area contributed by atoms with Gasteiger partial charge in [-0.15, -0.1) is 0 Å². The van der Waals surface area contributed by atoms with E-state index in [2.05, 4.69) is 6.92 Å². The standard InChI is InChI=1S/C11H18O3/c1-7-6-14-9-4-2-3-8(11(7)9)5-10(12)13/h7-9,11H,2-6H2,1H3,(H,12,13)/t7-,8-,9-,11-/m1/s1. The minimum Gasteiger partial charge on any atom is -0.481 e. The van der Waals surface area contributed by atoms with E-state index in [1.165, 1.54) is 0 Å². The predicted molar refractivity (Wildman–Crippen MR) is 52.0 cm³/mol. The predicted octanol–water partition coefficient (Wildman–Crippen LogP) is 1.91. The zero-order valence-corrected chi connectivity index (χ0v) is 8.61. The molecular formula is C11H18O3. The molecule has 1 saturated heterocycles. The lowest BCUT2D eigenvalue weighted by Gasteiger charge is -2.33.